The summed E-state index contributed by atoms with van der Waals surface area (Å²) >= 11 is 0. The van der Waals surface area contributed by atoms with E-state index in [1.54, 1.807) is 16.8 Å². The number of ether oxygens (including phenoxy) is 1. The molecule has 0 aliphatic carbocycles. The van der Waals surface area contributed by atoms with E-state index >= 15 is 0 Å². The third-order valence-corrected chi connectivity index (χ3v) is 5.96. The van der Waals surface area contributed by atoms with Crippen molar-refractivity contribution in [2.24, 2.45) is 0 Å². The van der Waals surface area contributed by atoms with Crippen molar-refractivity contribution in [2.45, 2.75) is 25.4 Å². The molecule has 6 heteroatoms. The number of H-pyrrole nitrogens is 1. The van der Waals surface area contributed by atoms with Crippen molar-refractivity contribution in [3.8, 4) is 5.75 Å². The van der Waals surface area contributed by atoms with Crippen molar-refractivity contribution in [2.75, 3.05) is 20.2 Å². The fourth-order valence-corrected chi connectivity index (χ4v) is 4.67. The maximum Gasteiger partial charge on any atom is 0.245 e. The van der Waals surface area contributed by atoms with E-state index in [-0.39, 0.29) is 24.4 Å². The van der Waals surface area contributed by atoms with Crippen molar-refractivity contribution in [3.63, 3.8) is 0 Å². The first-order chi connectivity index (χ1) is 14.1. The lowest BCUT2D eigenvalue weighted by Crippen LogP contribution is -2.62. The van der Waals surface area contributed by atoms with Crippen LogP contribution < -0.4 is 4.74 Å². The molecule has 1 N–H and O–H groups in total. The number of rotatable bonds is 3. The van der Waals surface area contributed by atoms with Gasteiger partial charge in [-0.15, -0.1) is 0 Å². The highest BCUT2D eigenvalue weighted by Crippen LogP contribution is 2.42. The molecule has 0 saturated carbocycles. The minimum Gasteiger partial charge on any atom is -0.494 e. The molecule has 2 aromatic carbocycles. The molecule has 29 heavy (non-hydrogen) atoms. The average molecular weight is 389 g/mol. The number of amides is 2. The maximum atomic E-state index is 13.1. The topological polar surface area (TPSA) is 65.6 Å². The van der Waals surface area contributed by atoms with Crippen LogP contribution >= 0.6 is 0 Å². The van der Waals surface area contributed by atoms with Gasteiger partial charge >= 0.3 is 0 Å². The summed E-state index contributed by atoms with van der Waals surface area (Å²) in [5.41, 5.74) is 4.12. The molecule has 2 unspecified atom stereocenters. The largest absolute Gasteiger partial charge is 0.494 e. The molecule has 0 bridgehead atoms. The summed E-state index contributed by atoms with van der Waals surface area (Å²) in [4.78, 5) is 32.9. The fraction of sp³-hybridized carbons (Fsp3) is 0.304. The molecule has 6 nitrogen and oxygen atoms in total. The van der Waals surface area contributed by atoms with E-state index in [0.29, 0.717) is 13.0 Å². The Morgan fingerprint density at radius 1 is 1.10 bits per heavy atom. The van der Waals surface area contributed by atoms with Gasteiger partial charge in [0.15, 0.2) is 0 Å². The van der Waals surface area contributed by atoms with Crippen LogP contribution in [0.25, 0.3) is 10.9 Å². The van der Waals surface area contributed by atoms with Crippen LogP contribution in [0, 0.1) is 0 Å². The Bertz CT molecular complexity index is 1100. The molecule has 0 radical (unpaired) electrons. The van der Waals surface area contributed by atoms with E-state index in [1.807, 2.05) is 49.4 Å². The smallest absolute Gasteiger partial charge is 0.245 e. The van der Waals surface area contributed by atoms with E-state index in [4.69, 9.17) is 4.74 Å². The number of nitrogens with zero attached hydrogens (tertiary/aromatic N) is 2. The SMILES string of the molecule is CCOc1ccc(C2c3[nH]c4ccccc4c3CC3C(=O)N(C)CC(=O)N32)cc1. The number of likely N-dealkylation sites (N-methyl/N-ethyl adjacent to an activating group) is 1. The Labute approximate surface area is 169 Å². The van der Waals surface area contributed by atoms with E-state index in [1.165, 1.54) is 0 Å². The number of hydrogen-bond acceptors (Lipinski definition) is 3. The van der Waals surface area contributed by atoms with Gasteiger partial charge in [-0.25, -0.2) is 0 Å². The van der Waals surface area contributed by atoms with Gasteiger partial charge in [0.05, 0.1) is 19.2 Å². The summed E-state index contributed by atoms with van der Waals surface area (Å²) in [5, 5.41) is 1.12. The van der Waals surface area contributed by atoms with Crippen molar-refractivity contribution in [1.82, 2.24) is 14.8 Å². The average Bonchev–Trinajstić information content (AvgIpc) is 3.10. The van der Waals surface area contributed by atoms with Crippen molar-refractivity contribution in [3.05, 3.63) is 65.4 Å². The Morgan fingerprint density at radius 3 is 2.62 bits per heavy atom. The number of fused-ring (bicyclic) bond motifs is 4. The lowest BCUT2D eigenvalue weighted by molar-refractivity contribution is -0.157. The number of carbonyl (C=O) groups is 2. The molecular weight excluding hydrogens is 366 g/mol. The quantitative estimate of drug-likeness (QED) is 0.749. The minimum atomic E-state index is -0.482. The number of hydrogen-bond donors (Lipinski definition) is 1. The Kier molecular flexibility index (Phi) is 4.08. The van der Waals surface area contributed by atoms with Gasteiger partial charge in [-0.05, 0) is 36.2 Å². The third-order valence-electron chi connectivity index (χ3n) is 5.96. The summed E-state index contributed by atoms with van der Waals surface area (Å²) in [7, 11) is 1.70. The maximum absolute atomic E-state index is 13.1. The molecule has 2 amide bonds. The molecule has 1 fully saturated rings. The second kappa shape index (κ2) is 6.65. The van der Waals surface area contributed by atoms with Crippen LogP contribution in [0.15, 0.2) is 48.5 Å². The first-order valence-corrected chi connectivity index (χ1v) is 9.97. The Hall–Kier alpha value is -3.28. The zero-order valence-electron chi connectivity index (χ0n) is 16.5. The molecule has 148 valence electrons. The summed E-state index contributed by atoms with van der Waals surface area (Å²) in [6.07, 6.45) is 0.530. The predicted octanol–water partition coefficient (Wildman–Crippen LogP) is 2.88. The van der Waals surface area contributed by atoms with Crippen LogP contribution in [-0.4, -0.2) is 52.8 Å². The van der Waals surface area contributed by atoms with Gasteiger partial charge in [-0.1, -0.05) is 30.3 Å². The summed E-state index contributed by atoms with van der Waals surface area (Å²) in [6, 6.07) is 15.1. The van der Waals surface area contributed by atoms with E-state index in [9.17, 15) is 9.59 Å². The molecule has 0 spiro atoms. The number of carbonyl (C=O) groups excluding carboxylic acids is 2. The number of benzene rings is 2. The molecule has 3 aromatic rings. The summed E-state index contributed by atoms with van der Waals surface area (Å²) < 4.78 is 5.58. The standard InChI is InChI=1S/C23H23N3O3/c1-3-29-15-10-8-14(9-11-15)22-21-17(16-6-4-5-7-18(16)24-21)12-19-23(28)25(2)13-20(27)26(19)22/h4-11,19,22,24H,3,12-13H2,1-2H3. The molecule has 3 heterocycles. The van der Waals surface area contributed by atoms with Crippen molar-refractivity contribution < 1.29 is 14.3 Å². The van der Waals surface area contributed by atoms with Crippen LogP contribution in [0.1, 0.15) is 29.8 Å². The first kappa shape index (κ1) is 17.8. The fourth-order valence-electron chi connectivity index (χ4n) is 4.67. The molecule has 2 aliphatic rings. The predicted molar refractivity (Wildman–Crippen MR) is 110 cm³/mol. The van der Waals surface area contributed by atoms with Crippen LogP contribution in [0.2, 0.25) is 0 Å². The summed E-state index contributed by atoms with van der Waals surface area (Å²) in [5.74, 6) is 0.762. The molecule has 1 saturated heterocycles. The zero-order valence-corrected chi connectivity index (χ0v) is 16.5. The van der Waals surface area contributed by atoms with Crippen molar-refractivity contribution >= 4 is 22.7 Å². The van der Waals surface area contributed by atoms with Gasteiger partial charge in [0, 0.05) is 30.1 Å². The Balaban J connectivity index is 1.69. The number of aromatic nitrogens is 1. The minimum absolute atomic E-state index is 0.00327. The van der Waals surface area contributed by atoms with Crippen LogP contribution in [0.3, 0.4) is 0 Å². The number of piperazine rings is 1. The van der Waals surface area contributed by atoms with Gasteiger partial charge in [-0.3, -0.25) is 9.59 Å². The first-order valence-electron chi connectivity index (χ1n) is 9.97. The van der Waals surface area contributed by atoms with Gasteiger partial charge < -0.3 is 19.5 Å². The monoisotopic (exact) mass is 389 g/mol. The number of aromatic amines is 1. The zero-order chi connectivity index (χ0) is 20.1. The third kappa shape index (κ3) is 2.70. The van der Waals surface area contributed by atoms with Crippen molar-refractivity contribution in [1.29, 1.82) is 0 Å². The Morgan fingerprint density at radius 2 is 1.86 bits per heavy atom. The highest BCUT2D eigenvalue weighted by atomic mass is 16.5. The summed E-state index contributed by atoms with van der Waals surface area (Å²) in [6.45, 7) is 2.66. The van der Waals surface area contributed by atoms with E-state index in [2.05, 4.69) is 11.1 Å². The number of para-hydroxylation sites is 1. The normalized spacial score (nSPS) is 21.3. The highest BCUT2D eigenvalue weighted by Gasteiger charge is 2.47. The van der Waals surface area contributed by atoms with Gasteiger partial charge in [0.2, 0.25) is 11.8 Å². The van der Waals surface area contributed by atoms with Gasteiger partial charge in [0.25, 0.3) is 0 Å². The molecule has 5 rings (SSSR count). The molecule has 2 atom stereocenters. The number of nitrogens with one attached hydrogen (secondary N) is 1. The van der Waals surface area contributed by atoms with Gasteiger partial charge in [0.1, 0.15) is 11.8 Å². The second-order valence-electron chi connectivity index (χ2n) is 7.68. The lowest BCUT2D eigenvalue weighted by Gasteiger charge is -2.46. The molecule has 2 aliphatic heterocycles. The molecular formula is C23H23N3O3. The highest BCUT2D eigenvalue weighted by molar-refractivity contribution is 5.97. The van der Waals surface area contributed by atoms with Crippen LogP contribution in [-0.2, 0) is 16.0 Å². The van der Waals surface area contributed by atoms with Gasteiger partial charge in [-0.2, -0.15) is 0 Å². The lowest BCUT2D eigenvalue weighted by atomic mass is 9.86. The van der Waals surface area contributed by atoms with E-state index in [0.717, 1.165) is 33.5 Å². The van der Waals surface area contributed by atoms with E-state index < -0.39 is 6.04 Å². The van der Waals surface area contributed by atoms with Crippen LogP contribution in [0.5, 0.6) is 5.75 Å². The molecule has 1 aromatic heterocycles. The second-order valence-corrected chi connectivity index (χ2v) is 7.68. The van der Waals surface area contributed by atoms with Crippen LogP contribution in [0.4, 0.5) is 0 Å².